The minimum Gasteiger partial charge on any atom is -0.360 e. The van der Waals surface area contributed by atoms with E-state index in [9.17, 15) is 0 Å². The van der Waals surface area contributed by atoms with Gasteiger partial charge in [0.2, 0.25) is 0 Å². The molecule has 0 atom stereocenters. The molecule has 20 heavy (non-hydrogen) atoms. The quantitative estimate of drug-likeness (QED) is 0.695. The molecule has 0 aromatic carbocycles. The molecule has 0 aliphatic carbocycles. The van der Waals surface area contributed by atoms with Crippen LogP contribution in [-0.4, -0.2) is 23.3 Å². The van der Waals surface area contributed by atoms with Crippen molar-refractivity contribution in [2.75, 3.05) is 0 Å². The lowest BCUT2D eigenvalue weighted by atomic mass is 9.33. The van der Waals surface area contributed by atoms with Crippen molar-refractivity contribution in [2.45, 2.75) is 76.8 Å². The molecular weight excluding hydrogens is 245 g/mol. The molecule has 2 saturated heterocycles. The van der Waals surface area contributed by atoms with Crippen molar-refractivity contribution in [3.8, 4) is 0 Å². The van der Waals surface area contributed by atoms with Crippen molar-refractivity contribution in [1.29, 1.82) is 0 Å². The molecule has 3 heterocycles. The van der Waals surface area contributed by atoms with Gasteiger partial charge in [-0.15, -0.1) is 0 Å². The number of nitrogens with zero attached hydrogens (tertiary/aromatic N) is 3. The second-order valence-corrected chi connectivity index (χ2v) is 6.60. The van der Waals surface area contributed by atoms with Gasteiger partial charge in [-0.1, -0.05) is 52.0 Å². The van der Waals surface area contributed by atoms with Gasteiger partial charge in [0.25, 0.3) is 6.85 Å². The Labute approximate surface area is 123 Å². The van der Waals surface area contributed by atoms with Gasteiger partial charge >= 0.3 is 0 Å². The fourth-order valence-corrected chi connectivity index (χ4v) is 4.46. The molecule has 108 valence electrons. The summed E-state index contributed by atoms with van der Waals surface area (Å²) in [5, 5.41) is 0. The molecule has 0 unspecified atom stereocenters. The maximum Gasteiger partial charge on any atom is 0.270 e. The largest absolute Gasteiger partial charge is 0.360 e. The zero-order chi connectivity index (χ0) is 14.1. The number of aliphatic imine (C=N–C) groups is 2. The minimum absolute atomic E-state index is 0.618. The second-order valence-electron chi connectivity index (χ2n) is 6.60. The first kappa shape index (κ1) is 13.9. The first-order valence-electron chi connectivity index (χ1n) is 8.31. The molecule has 2 fully saturated rings. The summed E-state index contributed by atoms with van der Waals surface area (Å²) in [7, 11) is 0. The van der Waals surface area contributed by atoms with Gasteiger partial charge in [-0.2, -0.15) is 0 Å². The molecule has 0 spiro atoms. The summed E-state index contributed by atoms with van der Waals surface area (Å²) < 4.78 is 0. The SMILES string of the molecule is C=C1N=C(C)N=C(CCC)N1B1C2CCCC1CCC2. The normalized spacial score (nSPS) is 30.2. The van der Waals surface area contributed by atoms with E-state index in [1.807, 2.05) is 6.92 Å². The Hall–Kier alpha value is -1.06. The zero-order valence-corrected chi connectivity index (χ0v) is 12.9. The average Bonchev–Trinajstić information content (AvgIpc) is 2.37. The number of hydrogen-bond donors (Lipinski definition) is 0. The van der Waals surface area contributed by atoms with Gasteiger partial charge in [0.1, 0.15) is 11.7 Å². The third-order valence-electron chi connectivity index (χ3n) is 5.18. The number of hydrogen-bond acceptors (Lipinski definition) is 3. The maximum absolute atomic E-state index is 4.74. The van der Waals surface area contributed by atoms with Crippen LogP contribution in [0, 0.1) is 0 Å². The summed E-state index contributed by atoms with van der Waals surface area (Å²) in [5.41, 5.74) is 0. The van der Waals surface area contributed by atoms with Crippen LogP contribution >= 0.6 is 0 Å². The highest BCUT2D eigenvalue weighted by atomic mass is 15.3. The standard InChI is InChI=1S/C16H26BN3/c1-4-7-16-19-12(2)18-13(3)20(16)17-14-8-5-9-15(17)11-6-10-14/h14-15H,3-11H2,1-2H3. The van der Waals surface area contributed by atoms with Gasteiger partial charge in [0.15, 0.2) is 0 Å². The van der Waals surface area contributed by atoms with Crippen molar-refractivity contribution in [1.82, 2.24) is 4.81 Å². The van der Waals surface area contributed by atoms with Gasteiger partial charge in [-0.25, -0.2) is 9.98 Å². The van der Waals surface area contributed by atoms with E-state index in [-0.39, 0.29) is 0 Å². The third kappa shape index (κ3) is 2.45. The Morgan fingerprint density at radius 1 is 1.15 bits per heavy atom. The van der Waals surface area contributed by atoms with E-state index in [0.717, 1.165) is 36.1 Å². The lowest BCUT2D eigenvalue weighted by molar-refractivity contribution is 0.417. The molecule has 0 N–H and O–H groups in total. The molecule has 3 aliphatic rings. The van der Waals surface area contributed by atoms with Crippen molar-refractivity contribution in [2.24, 2.45) is 9.98 Å². The van der Waals surface area contributed by atoms with Crippen LogP contribution < -0.4 is 0 Å². The summed E-state index contributed by atoms with van der Waals surface area (Å²) in [4.78, 5) is 11.7. The molecule has 0 saturated carbocycles. The number of amidine groups is 2. The monoisotopic (exact) mass is 271 g/mol. The van der Waals surface area contributed by atoms with Crippen LogP contribution in [0.2, 0.25) is 11.6 Å². The summed E-state index contributed by atoms with van der Waals surface area (Å²) in [6, 6.07) is 0. The molecule has 4 heteroatoms. The summed E-state index contributed by atoms with van der Waals surface area (Å²) >= 11 is 0. The number of fused-ring (bicyclic) bond motifs is 2. The number of rotatable bonds is 3. The van der Waals surface area contributed by atoms with Crippen LogP contribution in [0.3, 0.4) is 0 Å². The van der Waals surface area contributed by atoms with E-state index in [1.54, 1.807) is 0 Å². The van der Waals surface area contributed by atoms with Crippen LogP contribution in [0.1, 0.15) is 65.2 Å². The fraction of sp³-hybridized carbons (Fsp3) is 0.750. The van der Waals surface area contributed by atoms with Crippen molar-refractivity contribution in [3.05, 3.63) is 12.4 Å². The predicted molar refractivity (Wildman–Crippen MR) is 87.4 cm³/mol. The minimum atomic E-state index is 0.618. The molecule has 3 aliphatic heterocycles. The lowest BCUT2D eigenvalue weighted by Gasteiger charge is -2.47. The van der Waals surface area contributed by atoms with Gasteiger partial charge in [0, 0.05) is 6.42 Å². The molecule has 0 aromatic rings. The molecule has 0 aromatic heterocycles. The van der Waals surface area contributed by atoms with E-state index in [1.165, 1.54) is 44.4 Å². The van der Waals surface area contributed by atoms with Crippen molar-refractivity contribution in [3.63, 3.8) is 0 Å². The lowest BCUT2D eigenvalue weighted by Crippen LogP contribution is -2.52. The van der Waals surface area contributed by atoms with Crippen molar-refractivity contribution < 1.29 is 0 Å². The highest BCUT2D eigenvalue weighted by molar-refractivity contribution is 6.63. The topological polar surface area (TPSA) is 28.0 Å². The Balaban J connectivity index is 1.90. The predicted octanol–water partition coefficient (Wildman–Crippen LogP) is 4.49. The Bertz CT molecular complexity index is 433. The fourth-order valence-electron chi connectivity index (χ4n) is 4.46. The smallest absolute Gasteiger partial charge is 0.270 e. The molecule has 3 rings (SSSR count). The first-order chi connectivity index (χ1) is 9.70. The van der Waals surface area contributed by atoms with E-state index >= 15 is 0 Å². The Kier molecular flexibility index (Phi) is 4.00. The highest BCUT2D eigenvalue weighted by Gasteiger charge is 2.45. The summed E-state index contributed by atoms with van der Waals surface area (Å²) in [5.74, 6) is 4.68. The van der Waals surface area contributed by atoms with Crippen LogP contribution in [0.25, 0.3) is 0 Å². The van der Waals surface area contributed by atoms with Crippen molar-refractivity contribution >= 4 is 18.5 Å². The molecule has 0 amide bonds. The summed E-state index contributed by atoms with van der Waals surface area (Å²) in [6.07, 6.45) is 10.5. The second kappa shape index (κ2) is 5.75. The maximum atomic E-state index is 4.74. The average molecular weight is 271 g/mol. The van der Waals surface area contributed by atoms with Gasteiger partial charge in [0.05, 0.1) is 5.84 Å². The molecular formula is C16H26BN3. The highest BCUT2D eigenvalue weighted by Crippen LogP contribution is 2.48. The Morgan fingerprint density at radius 2 is 1.75 bits per heavy atom. The third-order valence-corrected chi connectivity index (χ3v) is 5.18. The van der Waals surface area contributed by atoms with E-state index in [0.29, 0.717) is 6.85 Å². The first-order valence-corrected chi connectivity index (χ1v) is 8.31. The molecule has 3 nitrogen and oxygen atoms in total. The Morgan fingerprint density at radius 3 is 2.30 bits per heavy atom. The van der Waals surface area contributed by atoms with Crippen LogP contribution in [0.15, 0.2) is 22.4 Å². The van der Waals surface area contributed by atoms with Gasteiger partial charge in [-0.3, -0.25) is 0 Å². The zero-order valence-electron chi connectivity index (χ0n) is 12.9. The molecule has 0 radical (unpaired) electrons. The van der Waals surface area contributed by atoms with Gasteiger partial charge < -0.3 is 4.81 Å². The van der Waals surface area contributed by atoms with Crippen LogP contribution in [-0.2, 0) is 0 Å². The molecule has 2 bridgehead atoms. The van der Waals surface area contributed by atoms with E-state index < -0.39 is 0 Å². The van der Waals surface area contributed by atoms with Crippen LogP contribution in [0.4, 0.5) is 0 Å². The van der Waals surface area contributed by atoms with Crippen LogP contribution in [0.5, 0.6) is 0 Å². The summed E-state index contributed by atoms with van der Waals surface area (Å²) in [6.45, 7) is 9.07. The van der Waals surface area contributed by atoms with E-state index in [4.69, 9.17) is 4.99 Å². The van der Waals surface area contributed by atoms with E-state index in [2.05, 4.69) is 23.3 Å². The van der Waals surface area contributed by atoms with Gasteiger partial charge in [-0.05, 0) is 25.0 Å².